The first-order chi connectivity index (χ1) is 13.0. The SMILES string of the molecule is C[C@@](C#N)(NC(=O)COC(=O)C(c1ccccc1)c1ccccc1)C1CC1. The van der Waals surface area contributed by atoms with Crippen molar-refractivity contribution in [2.45, 2.75) is 31.2 Å². The Kier molecular flexibility index (Phi) is 5.56. The van der Waals surface area contributed by atoms with Gasteiger partial charge in [0.2, 0.25) is 0 Å². The molecule has 5 nitrogen and oxygen atoms in total. The van der Waals surface area contributed by atoms with E-state index in [1.165, 1.54) is 0 Å². The van der Waals surface area contributed by atoms with Gasteiger partial charge in [-0.15, -0.1) is 0 Å². The van der Waals surface area contributed by atoms with Crippen molar-refractivity contribution in [3.05, 3.63) is 71.8 Å². The summed E-state index contributed by atoms with van der Waals surface area (Å²) in [6.07, 6.45) is 1.85. The Hall–Kier alpha value is -3.13. The van der Waals surface area contributed by atoms with Crippen molar-refractivity contribution in [1.82, 2.24) is 5.32 Å². The van der Waals surface area contributed by atoms with E-state index in [1.54, 1.807) is 6.92 Å². The standard InChI is InChI=1S/C22H22N2O3/c1-22(15-23,18-12-13-18)24-19(25)14-27-21(26)20(16-8-4-2-5-9-16)17-10-6-3-7-11-17/h2-11,18,20H,12-14H2,1H3,(H,24,25)/t22-/m0/s1. The van der Waals surface area contributed by atoms with Gasteiger partial charge in [0.25, 0.3) is 5.91 Å². The smallest absolute Gasteiger partial charge is 0.318 e. The average molecular weight is 362 g/mol. The molecule has 1 aliphatic carbocycles. The van der Waals surface area contributed by atoms with Crippen LogP contribution >= 0.6 is 0 Å². The molecule has 0 aliphatic heterocycles. The van der Waals surface area contributed by atoms with E-state index >= 15 is 0 Å². The normalized spacial score (nSPS) is 15.4. The van der Waals surface area contributed by atoms with Crippen LogP contribution in [0.5, 0.6) is 0 Å². The molecule has 1 saturated carbocycles. The Morgan fingerprint density at radius 1 is 1.11 bits per heavy atom. The number of nitrogens with one attached hydrogen (secondary N) is 1. The molecule has 0 unspecified atom stereocenters. The van der Waals surface area contributed by atoms with Crippen LogP contribution in [0.3, 0.4) is 0 Å². The van der Waals surface area contributed by atoms with Gasteiger partial charge in [-0.2, -0.15) is 5.26 Å². The maximum Gasteiger partial charge on any atom is 0.318 e. The van der Waals surface area contributed by atoms with Gasteiger partial charge in [0.1, 0.15) is 11.5 Å². The molecule has 1 fully saturated rings. The molecule has 2 aromatic rings. The zero-order valence-corrected chi connectivity index (χ0v) is 15.2. The number of nitrogens with zero attached hydrogens (tertiary/aromatic N) is 1. The topological polar surface area (TPSA) is 79.2 Å². The lowest BCUT2D eigenvalue weighted by atomic mass is 9.91. The minimum absolute atomic E-state index is 0.170. The molecule has 5 heteroatoms. The van der Waals surface area contributed by atoms with Crippen molar-refractivity contribution < 1.29 is 14.3 Å². The molecule has 1 atom stereocenters. The quantitative estimate of drug-likeness (QED) is 0.767. The number of carbonyl (C=O) groups is 2. The van der Waals surface area contributed by atoms with E-state index in [-0.39, 0.29) is 5.92 Å². The third-order valence-electron chi connectivity index (χ3n) is 4.87. The number of hydrogen-bond donors (Lipinski definition) is 1. The van der Waals surface area contributed by atoms with E-state index in [9.17, 15) is 14.9 Å². The van der Waals surface area contributed by atoms with Crippen molar-refractivity contribution in [2.75, 3.05) is 6.61 Å². The van der Waals surface area contributed by atoms with Gasteiger partial charge in [-0.05, 0) is 36.8 Å². The first-order valence-corrected chi connectivity index (χ1v) is 9.02. The minimum atomic E-state index is -0.901. The van der Waals surface area contributed by atoms with Crippen LogP contribution in [0.25, 0.3) is 0 Å². The lowest BCUT2D eigenvalue weighted by Gasteiger charge is -2.23. The lowest BCUT2D eigenvalue weighted by Crippen LogP contribution is -2.48. The summed E-state index contributed by atoms with van der Waals surface area (Å²) in [6, 6.07) is 20.8. The summed E-state index contributed by atoms with van der Waals surface area (Å²) in [5.74, 6) is -1.39. The van der Waals surface area contributed by atoms with Crippen molar-refractivity contribution in [3.8, 4) is 6.07 Å². The van der Waals surface area contributed by atoms with Crippen LogP contribution in [0.15, 0.2) is 60.7 Å². The highest BCUT2D eigenvalue weighted by Crippen LogP contribution is 2.39. The molecule has 0 heterocycles. The third-order valence-corrected chi connectivity index (χ3v) is 4.87. The fraction of sp³-hybridized carbons (Fsp3) is 0.318. The van der Waals surface area contributed by atoms with Gasteiger partial charge in [-0.1, -0.05) is 60.7 Å². The molecule has 1 aliphatic rings. The predicted molar refractivity (Wildman–Crippen MR) is 101 cm³/mol. The highest BCUT2D eigenvalue weighted by molar-refractivity contribution is 5.86. The lowest BCUT2D eigenvalue weighted by molar-refractivity contribution is -0.149. The molecule has 0 radical (unpaired) electrons. The number of nitriles is 1. The van der Waals surface area contributed by atoms with E-state index < -0.39 is 29.9 Å². The van der Waals surface area contributed by atoms with Gasteiger partial charge in [-0.3, -0.25) is 9.59 Å². The van der Waals surface area contributed by atoms with E-state index in [0.29, 0.717) is 0 Å². The second kappa shape index (κ2) is 8.05. The zero-order chi connectivity index (χ0) is 19.3. The molecule has 27 heavy (non-hydrogen) atoms. The van der Waals surface area contributed by atoms with Gasteiger partial charge in [-0.25, -0.2) is 0 Å². The van der Waals surface area contributed by atoms with Crippen LogP contribution in [0.2, 0.25) is 0 Å². The number of hydrogen-bond acceptors (Lipinski definition) is 4. The molecule has 1 amide bonds. The number of rotatable bonds is 7. The summed E-state index contributed by atoms with van der Waals surface area (Å²) in [7, 11) is 0. The summed E-state index contributed by atoms with van der Waals surface area (Å²) in [5, 5.41) is 12.0. The largest absolute Gasteiger partial charge is 0.455 e. The Bertz CT molecular complexity index is 801. The molecular weight excluding hydrogens is 340 g/mol. The summed E-state index contributed by atoms with van der Waals surface area (Å²) in [4.78, 5) is 25.0. The van der Waals surface area contributed by atoms with Gasteiger partial charge >= 0.3 is 5.97 Å². The number of carbonyl (C=O) groups excluding carboxylic acids is 2. The molecule has 0 bridgehead atoms. The summed E-state index contributed by atoms with van der Waals surface area (Å²) >= 11 is 0. The number of esters is 1. The summed E-state index contributed by atoms with van der Waals surface area (Å²) in [5.41, 5.74) is 0.699. The van der Waals surface area contributed by atoms with Crippen molar-refractivity contribution in [1.29, 1.82) is 5.26 Å². The number of ether oxygens (including phenoxy) is 1. The summed E-state index contributed by atoms with van der Waals surface area (Å²) < 4.78 is 5.30. The van der Waals surface area contributed by atoms with Crippen molar-refractivity contribution in [3.63, 3.8) is 0 Å². The first kappa shape index (κ1) is 18.7. The van der Waals surface area contributed by atoms with E-state index in [2.05, 4.69) is 11.4 Å². The van der Waals surface area contributed by atoms with Gasteiger partial charge in [0.15, 0.2) is 6.61 Å². The Balaban J connectivity index is 1.68. The molecule has 2 aromatic carbocycles. The van der Waals surface area contributed by atoms with Crippen molar-refractivity contribution in [2.24, 2.45) is 5.92 Å². The Morgan fingerprint density at radius 3 is 2.07 bits per heavy atom. The molecule has 3 rings (SSSR count). The maximum absolute atomic E-state index is 12.8. The molecular formula is C22H22N2O3. The van der Waals surface area contributed by atoms with Crippen LogP contribution in [0.4, 0.5) is 0 Å². The highest BCUT2D eigenvalue weighted by Gasteiger charge is 2.43. The monoisotopic (exact) mass is 362 g/mol. The van der Waals surface area contributed by atoms with E-state index in [0.717, 1.165) is 24.0 Å². The van der Waals surface area contributed by atoms with Crippen LogP contribution < -0.4 is 5.32 Å². The highest BCUT2D eigenvalue weighted by atomic mass is 16.5. The number of benzene rings is 2. The zero-order valence-electron chi connectivity index (χ0n) is 15.2. The second-order valence-electron chi connectivity index (χ2n) is 7.00. The first-order valence-electron chi connectivity index (χ1n) is 9.02. The minimum Gasteiger partial charge on any atom is -0.455 e. The maximum atomic E-state index is 12.8. The Morgan fingerprint density at radius 2 is 1.63 bits per heavy atom. The van der Waals surface area contributed by atoms with Gasteiger partial charge in [0, 0.05) is 0 Å². The van der Waals surface area contributed by atoms with E-state index in [4.69, 9.17) is 4.74 Å². The summed E-state index contributed by atoms with van der Waals surface area (Å²) in [6.45, 7) is 1.31. The van der Waals surface area contributed by atoms with Crippen LogP contribution in [-0.4, -0.2) is 24.0 Å². The molecule has 1 N–H and O–H groups in total. The Labute approximate surface area is 159 Å². The van der Waals surface area contributed by atoms with Gasteiger partial charge in [0.05, 0.1) is 6.07 Å². The van der Waals surface area contributed by atoms with E-state index in [1.807, 2.05) is 60.7 Å². The van der Waals surface area contributed by atoms with Crippen LogP contribution in [-0.2, 0) is 14.3 Å². The fourth-order valence-electron chi connectivity index (χ4n) is 3.18. The van der Waals surface area contributed by atoms with Gasteiger partial charge < -0.3 is 10.1 Å². The molecule has 0 saturated heterocycles. The molecule has 138 valence electrons. The third kappa shape index (κ3) is 4.53. The fourth-order valence-corrected chi connectivity index (χ4v) is 3.18. The molecule has 0 spiro atoms. The average Bonchev–Trinajstić information content (AvgIpc) is 3.54. The van der Waals surface area contributed by atoms with Crippen molar-refractivity contribution >= 4 is 11.9 Å². The van der Waals surface area contributed by atoms with Crippen LogP contribution in [0, 0.1) is 17.2 Å². The number of amides is 1. The predicted octanol–water partition coefficient (Wildman–Crippen LogP) is 3.17. The van der Waals surface area contributed by atoms with Crippen LogP contribution in [0.1, 0.15) is 36.8 Å². The molecule has 0 aromatic heterocycles. The second-order valence-corrected chi connectivity index (χ2v) is 7.00.